The fourth-order valence-electron chi connectivity index (χ4n) is 5.90. The molecule has 0 bridgehead atoms. The molecule has 5 heterocycles. The third-order valence-electron chi connectivity index (χ3n) is 8.01. The number of nitrogens with zero attached hydrogens (tertiary/aromatic N) is 4. The van der Waals surface area contributed by atoms with Gasteiger partial charge < -0.3 is 19.9 Å². The molecule has 1 spiro atoms. The molecular formula is C30H34N6O2. The maximum atomic E-state index is 12.8. The van der Waals surface area contributed by atoms with Crippen LogP contribution in [-0.4, -0.2) is 70.1 Å². The van der Waals surface area contributed by atoms with Gasteiger partial charge in [0.1, 0.15) is 0 Å². The van der Waals surface area contributed by atoms with E-state index in [9.17, 15) is 4.79 Å². The Morgan fingerprint density at radius 2 is 2.00 bits per heavy atom. The summed E-state index contributed by atoms with van der Waals surface area (Å²) in [4.78, 5) is 32.2. The molecule has 0 unspecified atom stereocenters. The maximum Gasteiger partial charge on any atom is 0.339 e. The maximum absolute atomic E-state index is 12.8. The molecule has 8 heteroatoms. The molecule has 2 aliphatic heterocycles. The molecule has 0 atom stereocenters. The number of fused-ring (bicyclic) bond motifs is 1. The van der Waals surface area contributed by atoms with Crippen molar-refractivity contribution in [1.29, 1.82) is 0 Å². The Bertz CT molecular complexity index is 1440. The third-order valence-corrected chi connectivity index (χ3v) is 8.01. The van der Waals surface area contributed by atoms with Crippen LogP contribution in [0.4, 0.5) is 0 Å². The summed E-state index contributed by atoms with van der Waals surface area (Å²) in [6.45, 7) is 7.98. The fraction of sp³-hybridized carbons (Fsp3) is 0.400. The number of H-pyrrole nitrogens is 1. The Kier molecular flexibility index (Phi) is 6.91. The Balaban J connectivity index is 1.09. The van der Waals surface area contributed by atoms with E-state index < -0.39 is 0 Å². The quantitative estimate of drug-likeness (QED) is 0.277. The van der Waals surface area contributed by atoms with Gasteiger partial charge in [0.05, 0.1) is 41.1 Å². The molecule has 0 aliphatic carbocycles. The molecule has 8 nitrogen and oxygen atoms in total. The average molecular weight is 511 g/mol. The summed E-state index contributed by atoms with van der Waals surface area (Å²) in [5.74, 6) is -0.328. The topological polar surface area (TPSA) is 96.0 Å². The van der Waals surface area contributed by atoms with E-state index in [-0.39, 0.29) is 5.97 Å². The lowest BCUT2D eigenvalue weighted by molar-refractivity contribution is 0.0488. The number of nitrogens with one attached hydrogen (secondary N) is 2. The highest BCUT2D eigenvalue weighted by molar-refractivity contribution is 5.95. The van der Waals surface area contributed by atoms with Gasteiger partial charge in [-0.25, -0.2) is 9.78 Å². The Morgan fingerprint density at radius 1 is 1.11 bits per heavy atom. The first kappa shape index (κ1) is 24.7. The highest BCUT2D eigenvalue weighted by atomic mass is 16.5. The molecule has 2 saturated heterocycles. The van der Waals surface area contributed by atoms with Crippen LogP contribution >= 0.6 is 0 Å². The van der Waals surface area contributed by atoms with Crippen molar-refractivity contribution in [3.63, 3.8) is 0 Å². The van der Waals surface area contributed by atoms with Gasteiger partial charge in [-0.2, -0.15) is 0 Å². The summed E-state index contributed by atoms with van der Waals surface area (Å²) in [6.07, 6.45) is 7.97. The molecule has 0 amide bonds. The van der Waals surface area contributed by atoms with Crippen LogP contribution in [0.15, 0.2) is 55.0 Å². The molecule has 0 radical (unpaired) electrons. The van der Waals surface area contributed by atoms with E-state index >= 15 is 0 Å². The van der Waals surface area contributed by atoms with Crippen molar-refractivity contribution in [3.05, 3.63) is 66.2 Å². The number of aryl methyl sites for hydroxylation is 1. The van der Waals surface area contributed by atoms with Crippen LogP contribution in [0, 0.1) is 12.3 Å². The predicted molar refractivity (Wildman–Crippen MR) is 148 cm³/mol. The number of aromatic amines is 1. The number of piperidine rings is 1. The number of pyridine rings is 2. The molecule has 6 rings (SSSR count). The van der Waals surface area contributed by atoms with Crippen molar-refractivity contribution < 1.29 is 9.53 Å². The SMILES string of the molecule is Cc1cccc(-c2[nH]cnc2-c2ccc3ncc(C(=O)OCCCN4CCC5(CCNCC5)C4)cc3c2)n1. The van der Waals surface area contributed by atoms with Crippen LogP contribution in [0.1, 0.15) is 41.7 Å². The number of carbonyl (C=O) groups excluding carboxylic acids is 1. The number of benzene rings is 1. The first-order chi connectivity index (χ1) is 18.6. The number of likely N-dealkylation sites (tertiary alicyclic amines) is 1. The average Bonchev–Trinajstić information content (AvgIpc) is 3.58. The first-order valence-electron chi connectivity index (χ1n) is 13.6. The van der Waals surface area contributed by atoms with Gasteiger partial charge in [0.25, 0.3) is 0 Å². The van der Waals surface area contributed by atoms with Crippen LogP contribution < -0.4 is 5.32 Å². The summed E-state index contributed by atoms with van der Waals surface area (Å²) >= 11 is 0. The second-order valence-electron chi connectivity index (χ2n) is 10.7. The molecule has 3 aromatic heterocycles. The summed E-state index contributed by atoms with van der Waals surface area (Å²) in [7, 11) is 0. The van der Waals surface area contributed by atoms with Crippen molar-refractivity contribution >= 4 is 16.9 Å². The second kappa shape index (κ2) is 10.6. The van der Waals surface area contributed by atoms with Crippen LogP contribution in [0.3, 0.4) is 0 Å². The normalized spacial score (nSPS) is 17.3. The monoisotopic (exact) mass is 510 g/mol. The number of rotatable bonds is 7. The van der Waals surface area contributed by atoms with Gasteiger partial charge in [0.2, 0.25) is 0 Å². The smallest absolute Gasteiger partial charge is 0.339 e. The third kappa shape index (κ3) is 5.19. The lowest BCUT2D eigenvalue weighted by atomic mass is 9.78. The zero-order chi connectivity index (χ0) is 26.0. The van der Waals surface area contributed by atoms with Crippen molar-refractivity contribution in [2.75, 3.05) is 39.3 Å². The van der Waals surface area contributed by atoms with E-state index in [4.69, 9.17) is 4.74 Å². The summed E-state index contributed by atoms with van der Waals surface area (Å²) in [5.41, 5.74) is 6.18. The van der Waals surface area contributed by atoms with E-state index in [0.717, 1.165) is 71.8 Å². The summed E-state index contributed by atoms with van der Waals surface area (Å²) in [6, 6.07) is 13.7. The Labute approximate surface area is 222 Å². The van der Waals surface area contributed by atoms with Gasteiger partial charge in [-0.1, -0.05) is 12.1 Å². The predicted octanol–water partition coefficient (Wildman–Crippen LogP) is 4.62. The van der Waals surface area contributed by atoms with Crippen molar-refractivity contribution in [1.82, 2.24) is 30.2 Å². The number of hydrogen-bond donors (Lipinski definition) is 2. The molecule has 0 saturated carbocycles. The number of esters is 1. The number of imidazole rings is 1. The number of ether oxygens (including phenoxy) is 1. The summed E-state index contributed by atoms with van der Waals surface area (Å²) < 4.78 is 5.62. The van der Waals surface area contributed by atoms with Gasteiger partial charge in [-0.3, -0.25) is 9.97 Å². The van der Waals surface area contributed by atoms with Crippen molar-refractivity contribution in [2.24, 2.45) is 5.41 Å². The van der Waals surface area contributed by atoms with Crippen LogP contribution in [-0.2, 0) is 4.74 Å². The van der Waals surface area contributed by atoms with E-state index in [1.807, 2.05) is 49.4 Å². The zero-order valence-corrected chi connectivity index (χ0v) is 21.9. The first-order valence-corrected chi connectivity index (χ1v) is 13.6. The minimum absolute atomic E-state index is 0.328. The van der Waals surface area contributed by atoms with Crippen molar-refractivity contribution in [3.8, 4) is 22.6 Å². The van der Waals surface area contributed by atoms with Gasteiger partial charge in [0.15, 0.2) is 0 Å². The number of aromatic nitrogens is 4. The number of hydrogen-bond acceptors (Lipinski definition) is 7. The van der Waals surface area contributed by atoms with Gasteiger partial charge in [-0.15, -0.1) is 0 Å². The van der Waals surface area contributed by atoms with E-state index in [2.05, 4.69) is 30.2 Å². The Morgan fingerprint density at radius 3 is 2.87 bits per heavy atom. The molecule has 4 aromatic rings. The van der Waals surface area contributed by atoms with E-state index in [1.165, 1.54) is 25.8 Å². The molecule has 2 aliphatic rings. The fourth-order valence-corrected chi connectivity index (χ4v) is 5.90. The molecule has 196 valence electrons. The highest BCUT2D eigenvalue weighted by Crippen LogP contribution is 2.38. The Hall–Kier alpha value is -3.62. The molecule has 38 heavy (non-hydrogen) atoms. The lowest BCUT2D eigenvalue weighted by Crippen LogP contribution is -2.38. The van der Waals surface area contributed by atoms with Crippen molar-refractivity contribution in [2.45, 2.75) is 32.6 Å². The second-order valence-corrected chi connectivity index (χ2v) is 10.7. The van der Waals surface area contributed by atoms with Crippen LogP contribution in [0.2, 0.25) is 0 Å². The lowest BCUT2D eigenvalue weighted by Gasteiger charge is -2.33. The van der Waals surface area contributed by atoms with E-state index in [0.29, 0.717) is 17.6 Å². The standard InChI is InChI=1S/C30H34N6O2/c1-21-4-2-5-26(35-21)28-27(33-20-34-28)22-6-7-25-23(16-22)17-24(18-32-25)29(37)38-15-3-13-36-14-10-30(19-36)8-11-31-12-9-30/h2,4-7,16-18,20,31H,3,8-15,19H2,1H3,(H,33,34). The largest absolute Gasteiger partial charge is 0.462 e. The van der Waals surface area contributed by atoms with Crippen LogP contribution in [0.25, 0.3) is 33.5 Å². The highest BCUT2D eigenvalue weighted by Gasteiger charge is 2.38. The molecule has 2 N–H and O–H groups in total. The summed E-state index contributed by atoms with van der Waals surface area (Å²) in [5, 5.41) is 4.34. The zero-order valence-electron chi connectivity index (χ0n) is 21.9. The van der Waals surface area contributed by atoms with Gasteiger partial charge in [-0.05, 0) is 88.0 Å². The van der Waals surface area contributed by atoms with Gasteiger partial charge >= 0.3 is 5.97 Å². The van der Waals surface area contributed by atoms with E-state index in [1.54, 1.807) is 12.5 Å². The number of carbonyl (C=O) groups is 1. The molecular weight excluding hydrogens is 476 g/mol. The minimum atomic E-state index is -0.328. The molecule has 2 fully saturated rings. The molecule has 1 aromatic carbocycles. The van der Waals surface area contributed by atoms with Crippen LogP contribution in [0.5, 0.6) is 0 Å². The van der Waals surface area contributed by atoms with Gasteiger partial charge in [0, 0.05) is 35.9 Å². The minimum Gasteiger partial charge on any atom is -0.462 e.